The molecule has 0 amide bonds. The molecule has 0 bridgehead atoms. The van der Waals surface area contributed by atoms with E-state index in [0.717, 1.165) is 11.4 Å². The number of nitrogens with zero attached hydrogens (tertiary/aromatic N) is 1. The highest BCUT2D eigenvalue weighted by molar-refractivity contribution is 5.28. The Bertz CT molecular complexity index is 305. The van der Waals surface area contributed by atoms with Crippen LogP contribution in [0.15, 0.2) is 12.1 Å². The van der Waals surface area contributed by atoms with Gasteiger partial charge in [0.15, 0.2) is 0 Å². The molecule has 1 aromatic heterocycles. The summed E-state index contributed by atoms with van der Waals surface area (Å²) in [7, 11) is 1.68. The van der Waals surface area contributed by atoms with Crippen LogP contribution in [0.4, 0.5) is 0 Å². The second-order valence-corrected chi connectivity index (χ2v) is 3.69. The van der Waals surface area contributed by atoms with Crippen molar-refractivity contribution in [2.45, 2.75) is 32.1 Å². The minimum Gasteiger partial charge on any atom is -0.481 e. The van der Waals surface area contributed by atoms with Crippen molar-refractivity contribution in [1.29, 1.82) is 0 Å². The van der Waals surface area contributed by atoms with Gasteiger partial charge < -0.3 is 4.74 Å². The highest BCUT2D eigenvalue weighted by atomic mass is 16.5. The SMILES string of the molecule is COc1nc(C2CCC2)ccc1C. The summed E-state index contributed by atoms with van der Waals surface area (Å²) >= 11 is 0. The van der Waals surface area contributed by atoms with E-state index in [-0.39, 0.29) is 0 Å². The summed E-state index contributed by atoms with van der Waals surface area (Å²) in [5.41, 5.74) is 2.32. The molecule has 2 rings (SSSR count). The maximum absolute atomic E-state index is 5.19. The molecule has 2 nitrogen and oxygen atoms in total. The third-order valence-corrected chi connectivity index (χ3v) is 2.79. The van der Waals surface area contributed by atoms with Crippen molar-refractivity contribution >= 4 is 0 Å². The molecule has 0 aromatic carbocycles. The van der Waals surface area contributed by atoms with E-state index in [1.54, 1.807) is 7.11 Å². The van der Waals surface area contributed by atoms with Crippen LogP contribution < -0.4 is 4.74 Å². The Morgan fingerprint density at radius 3 is 2.69 bits per heavy atom. The number of ether oxygens (including phenoxy) is 1. The molecule has 0 atom stereocenters. The first kappa shape index (κ1) is 8.54. The summed E-state index contributed by atoms with van der Waals surface area (Å²) in [4.78, 5) is 4.49. The lowest BCUT2D eigenvalue weighted by Gasteiger charge is -2.25. The molecule has 1 heterocycles. The molecule has 1 aromatic rings. The summed E-state index contributed by atoms with van der Waals surface area (Å²) < 4.78 is 5.19. The van der Waals surface area contributed by atoms with Crippen molar-refractivity contribution < 1.29 is 4.74 Å². The van der Waals surface area contributed by atoms with Crippen molar-refractivity contribution in [3.8, 4) is 5.88 Å². The highest BCUT2D eigenvalue weighted by Gasteiger charge is 2.21. The van der Waals surface area contributed by atoms with Gasteiger partial charge in [-0.05, 0) is 25.8 Å². The molecule has 0 unspecified atom stereocenters. The van der Waals surface area contributed by atoms with E-state index in [2.05, 4.69) is 17.1 Å². The van der Waals surface area contributed by atoms with Gasteiger partial charge in [-0.25, -0.2) is 4.98 Å². The fraction of sp³-hybridized carbons (Fsp3) is 0.545. The summed E-state index contributed by atoms with van der Waals surface area (Å²) in [6, 6.07) is 4.22. The minimum absolute atomic E-state index is 0.689. The van der Waals surface area contributed by atoms with Crippen molar-refractivity contribution in [3.63, 3.8) is 0 Å². The molecule has 0 radical (unpaired) electrons. The zero-order chi connectivity index (χ0) is 9.26. The van der Waals surface area contributed by atoms with Gasteiger partial charge in [0, 0.05) is 17.2 Å². The van der Waals surface area contributed by atoms with E-state index >= 15 is 0 Å². The van der Waals surface area contributed by atoms with Crippen LogP contribution in [0.2, 0.25) is 0 Å². The molecule has 70 valence electrons. The number of pyridine rings is 1. The molecular formula is C11H15NO. The van der Waals surface area contributed by atoms with Crippen molar-refractivity contribution in [3.05, 3.63) is 23.4 Å². The average Bonchev–Trinajstić information content (AvgIpc) is 2.05. The summed E-state index contributed by atoms with van der Waals surface area (Å²) in [6.07, 6.45) is 3.93. The van der Waals surface area contributed by atoms with E-state index < -0.39 is 0 Å². The third-order valence-electron chi connectivity index (χ3n) is 2.79. The lowest BCUT2D eigenvalue weighted by molar-refractivity contribution is 0.376. The van der Waals surface area contributed by atoms with Crippen molar-refractivity contribution in [1.82, 2.24) is 4.98 Å². The van der Waals surface area contributed by atoms with Crippen LogP contribution in [0.3, 0.4) is 0 Å². The minimum atomic E-state index is 0.689. The van der Waals surface area contributed by atoms with E-state index in [0.29, 0.717) is 5.92 Å². The van der Waals surface area contributed by atoms with Gasteiger partial charge in [-0.2, -0.15) is 0 Å². The predicted molar refractivity (Wildman–Crippen MR) is 52.1 cm³/mol. The molecule has 1 saturated carbocycles. The van der Waals surface area contributed by atoms with Gasteiger partial charge in [0.1, 0.15) is 0 Å². The molecule has 0 aliphatic heterocycles. The van der Waals surface area contributed by atoms with Gasteiger partial charge in [-0.3, -0.25) is 0 Å². The first-order chi connectivity index (χ1) is 6.31. The third kappa shape index (κ3) is 1.53. The number of aromatic nitrogens is 1. The Hall–Kier alpha value is -1.05. The van der Waals surface area contributed by atoms with Crippen molar-refractivity contribution in [2.75, 3.05) is 7.11 Å². The lowest BCUT2D eigenvalue weighted by atomic mass is 9.82. The first-order valence-electron chi connectivity index (χ1n) is 4.83. The second-order valence-electron chi connectivity index (χ2n) is 3.69. The zero-order valence-electron chi connectivity index (χ0n) is 8.21. The topological polar surface area (TPSA) is 22.1 Å². The first-order valence-corrected chi connectivity index (χ1v) is 4.83. The molecule has 0 spiro atoms. The monoisotopic (exact) mass is 177 g/mol. The van der Waals surface area contributed by atoms with Gasteiger partial charge in [-0.15, -0.1) is 0 Å². The molecule has 0 N–H and O–H groups in total. The number of hydrogen-bond donors (Lipinski definition) is 0. The van der Waals surface area contributed by atoms with Crippen LogP contribution in [-0.4, -0.2) is 12.1 Å². The maximum Gasteiger partial charge on any atom is 0.216 e. The Morgan fingerprint density at radius 1 is 1.38 bits per heavy atom. The van der Waals surface area contributed by atoms with E-state index in [9.17, 15) is 0 Å². The fourth-order valence-electron chi connectivity index (χ4n) is 1.66. The summed E-state index contributed by atoms with van der Waals surface area (Å²) in [5.74, 6) is 1.47. The molecule has 0 saturated heterocycles. The van der Waals surface area contributed by atoms with Crippen LogP contribution >= 0.6 is 0 Å². The van der Waals surface area contributed by atoms with Gasteiger partial charge in [0.25, 0.3) is 0 Å². The van der Waals surface area contributed by atoms with Crippen LogP contribution in [0.5, 0.6) is 5.88 Å². The molecule has 1 aliphatic rings. The van der Waals surface area contributed by atoms with Gasteiger partial charge in [0.05, 0.1) is 7.11 Å². The van der Waals surface area contributed by atoms with Crippen LogP contribution in [0.25, 0.3) is 0 Å². The van der Waals surface area contributed by atoms with Crippen LogP contribution in [0, 0.1) is 6.92 Å². The second kappa shape index (κ2) is 3.36. The largest absolute Gasteiger partial charge is 0.481 e. The summed E-state index contributed by atoms with van der Waals surface area (Å²) in [5, 5.41) is 0. The fourth-order valence-corrected chi connectivity index (χ4v) is 1.66. The average molecular weight is 177 g/mol. The van der Waals surface area contributed by atoms with Gasteiger partial charge in [-0.1, -0.05) is 12.5 Å². The molecule has 1 aliphatic carbocycles. The predicted octanol–water partition coefficient (Wildman–Crippen LogP) is 2.67. The number of aryl methyl sites for hydroxylation is 1. The standard InChI is InChI=1S/C11H15NO/c1-8-6-7-10(9-4-3-5-9)12-11(8)13-2/h6-7,9H,3-5H2,1-2H3. The molecular weight excluding hydrogens is 162 g/mol. The maximum atomic E-state index is 5.19. The van der Waals surface area contributed by atoms with Crippen LogP contribution in [-0.2, 0) is 0 Å². The Labute approximate surface area is 78.9 Å². The molecule has 1 fully saturated rings. The lowest BCUT2D eigenvalue weighted by Crippen LogP contribution is -2.11. The quantitative estimate of drug-likeness (QED) is 0.692. The Morgan fingerprint density at radius 2 is 2.15 bits per heavy atom. The van der Waals surface area contributed by atoms with E-state index in [1.165, 1.54) is 25.0 Å². The zero-order valence-corrected chi connectivity index (χ0v) is 8.21. The number of rotatable bonds is 2. The molecule has 13 heavy (non-hydrogen) atoms. The molecule has 2 heteroatoms. The van der Waals surface area contributed by atoms with Crippen LogP contribution in [0.1, 0.15) is 36.4 Å². The van der Waals surface area contributed by atoms with Crippen molar-refractivity contribution in [2.24, 2.45) is 0 Å². The number of hydrogen-bond acceptors (Lipinski definition) is 2. The van der Waals surface area contributed by atoms with Gasteiger partial charge >= 0.3 is 0 Å². The van der Waals surface area contributed by atoms with E-state index in [1.807, 2.05) is 6.92 Å². The van der Waals surface area contributed by atoms with Gasteiger partial charge in [0.2, 0.25) is 5.88 Å². The Balaban J connectivity index is 2.26. The summed E-state index contributed by atoms with van der Waals surface area (Å²) in [6.45, 7) is 2.02. The highest BCUT2D eigenvalue weighted by Crippen LogP contribution is 2.36. The van der Waals surface area contributed by atoms with E-state index in [4.69, 9.17) is 4.74 Å². The number of methoxy groups -OCH3 is 1. The normalized spacial score (nSPS) is 16.8. The smallest absolute Gasteiger partial charge is 0.216 e. The Kier molecular flexibility index (Phi) is 2.21.